The van der Waals surface area contributed by atoms with Gasteiger partial charge in [0.2, 0.25) is 5.91 Å². The summed E-state index contributed by atoms with van der Waals surface area (Å²) in [7, 11) is 0. The Balaban J connectivity index is 1.73. The Morgan fingerprint density at radius 2 is 1.95 bits per heavy atom. The van der Waals surface area contributed by atoms with E-state index in [1.54, 1.807) is 0 Å². The van der Waals surface area contributed by atoms with Gasteiger partial charge in [0.25, 0.3) is 0 Å². The van der Waals surface area contributed by atoms with Gasteiger partial charge < -0.3 is 15.7 Å². The van der Waals surface area contributed by atoms with Crippen LogP contribution < -0.4 is 10.6 Å². The predicted molar refractivity (Wildman–Crippen MR) is 88.7 cm³/mol. The van der Waals surface area contributed by atoms with Crippen LogP contribution in [-0.2, 0) is 17.8 Å². The number of aliphatic hydroxyl groups is 1. The summed E-state index contributed by atoms with van der Waals surface area (Å²) in [6.45, 7) is 2.93. The minimum absolute atomic E-state index is 0.00184. The highest BCUT2D eigenvalue weighted by Gasteiger charge is 2.02. The van der Waals surface area contributed by atoms with Crippen molar-refractivity contribution in [2.45, 2.75) is 20.0 Å². The van der Waals surface area contributed by atoms with Crippen molar-refractivity contribution in [1.29, 1.82) is 0 Å². The first-order valence-corrected chi connectivity index (χ1v) is 7.44. The molecule has 0 fully saturated rings. The average Bonchev–Trinajstić information content (AvgIpc) is 2.55. The first-order valence-electron chi connectivity index (χ1n) is 7.44. The normalized spacial score (nSPS) is 10.3. The number of aliphatic hydroxyl groups excluding tert-OH is 1. The summed E-state index contributed by atoms with van der Waals surface area (Å²) in [4.78, 5) is 11.8. The number of anilines is 1. The van der Waals surface area contributed by atoms with Crippen LogP contribution in [0.2, 0.25) is 0 Å². The lowest BCUT2D eigenvalue weighted by Crippen LogP contribution is -2.31. The minimum atomic E-state index is -0.0389. The molecule has 2 rings (SSSR count). The summed E-state index contributed by atoms with van der Waals surface area (Å²) in [6, 6.07) is 15.6. The topological polar surface area (TPSA) is 61.4 Å². The molecule has 2 aromatic carbocycles. The molecule has 0 aliphatic carbocycles. The molecule has 0 radical (unpaired) electrons. The third kappa shape index (κ3) is 4.90. The molecule has 0 aliphatic rings. The van der Waals surface area contributed by atoms with Gasteiger partial charge in [-0.1, -0.05) is 36.4 Å². The number of aryl methyl sites for hydroxylation is 1. The monoisotopic (exact) mass is 298 g/mol. The van der Waals surface area contributed by atoms with Crippen molar-refractivity contribution in [2.24, 2.45) is 0 Å². The summed E-state index contributed by atoms with van der Waals surface area (Å²) in [5, 5.41) is 15.0. The molecule has 0 heterocycles. The molecule has 0 bridgehead atoms. The molecule has 3 N–H and O–H groups in total. The summed E-state index contributed by atoms with van der Waals surface area (Å²) >= 11 is 0. The molecule has 116 valence electrons. The Hall–Kier alpha value is -2.33. The van der Waals surface area contributed by atoms with Crippen LogP contribution in [0.1, 0.15) is 16.7 Å². The highest BCUT2D eigenvalue weighted by Crippen LogP contribution is 2.10. The molecule has 2 aromatic rings. The SMILES string of the molecule is Cc1ccccc1CCNC(=O)CNc1cccc(CO)c1. The number of amides is 1. The van der Waals surface area contributed by atoms with E-state index in [4.69, 9.17) is 5.11 Å². The van der Waals surface area contributed by atoms with E-state index in [-0.39, 0.29) is 19.1 Å². The van der Waals surface area contributed by atoms with Crippen LogP contribution in [0.4, 0.5) is 5.69 Å². The lowest BCUT2D eigenvalue weighted by atomic mass is 10.1. The van der Waals surface area contributed by atoms with Gasteiger partial charge in [0, 0.05) is 12.2 Å². The maximum Gasteiger partial charge on any atom is 0.239 e. The summed E-state index contributed by atoms with van der Waals surface area (Å²) in [5.74, 6) is -0.0389. The molecule has 0 spiro atoms. The van der Waals surface area contributed by atoms with Crippen molar-refractivity contribution >= 4 is 11.6 Å². The highest BCUT2D eigenvalue weighted by atomic mass is 16.3. The van der Waals surface area contributed by atoms with Crippen LogP contribution in [0.3, 0.4) is 0 Å². The molecule has 0 saturated carbocycles. The molecule has 22 heavy (non-hydrogen) atoms. The number of benzene rings is 2. The molecule has 4 heteroatoms. The molecule has 0 saturated heterocycles. The standard InChI is InChI=1S/C18H22N2O2/c1-14-5-2-3-7-16(14)9-10-19-18(22)12-20-17-8-4-6-15(11-17)13-21/h2-8,11,20-21H,9-10,12-13H2,1H3,(H,19,22). The summed E-state index contributed by atoms with van der Waals surface area (Å²) < 4.78 is 0. The van der Waals surface area contributed by atoms with Crippen molar-refractivity contribution in [3.8, 4) is 0 Å². The molecular formula is C18H22N2O2. The molecule has 0 aliphatic heterocycles. The lowest BCUT2D eigenvalue weighted by molar-refractivity contribution is -0.119. The molecule has 1 amide bonds. The Morgan fingerprint density at radius 3 is 2.73 bits per heavy atom. The summed E-state index contributed by atoms with van der Waals surface area (Å²) in [5.41, 5.74) is 4.16. The Bertz CT molecular complexity index is 626. The van der Waals surface area contributed by atoms with Crippen LogP contribution in [0.15, 0.2) is 48.5 Å². The van der Waals surface area contributed by atoms with Gasteiger partial charge in [0.1, 0.15) is 0 Å². The van der Waals surface area contributed by atoms with E-state index in [2.05, 4.69) is 29.7 Å². The van der Waals surface area contributed by atoms with Crippen LogP contribution in [0.25, 0.3) is 0 Å². The van der Waals surface area contributed by atoms with E-state index in [9.17, 15) is 4.79 Å². The predicted octanol–water partition coefficient (Wildman–Crippen LogP) is 2.26. The van der Waals surface area contributed by atoms with Crippen LogP contribution in [0.5, 0.6) is 0 Å². The third-order valence-corrected chi connectivity index (χ3v) is 3.54. The van der Waals surface area contributed by atoms with Crippen molar-refractivity contribution < 1.29 is 9.90 Å². The van der Waals surface area contributed by atoms with Gasteiger partial charge >= 0.3 is 0 Å². The second-order valence-corrected chi connectivity index (χ2v) is 5.24. The van der Waals surface area contributed by atoms with Crippen molar-refractivity contribution in [3.63, 3.8) is 0 Å². The molecular weight excluding hydrogens is 276 g/mol. The zero-order valence-electron chi connectivity index (χ0n) is 12.8. The number of rotatable bonds is 7. The van der Waals surface area contributed by atoms with E-state index >= 15 is 0 Å². The van der Waals surface area contributed by atoms with Gasteiger partial charge in [-0.25, -0.2) is 0 Å². The van der Waals surface area contributed by atoms with Crippen molar-refractivity contribution in [2.75, 3.05) is 18.4 Å². The zero-order chi connectivity index (χ0) is 15.8. The van der Waals surface area contributed by atoms with Gasteiger partial charge in [-0.3, -0.25) is 4.79 Å². The molecule has 0 aromatic heterocycles. The van der Waals surface area contributed by atoms with Gasteiger partial charge in [-0.2, -0.15) is 0 Å². The fourth-order valence-electron chi connectivity index (χ4n) is 2.25. The van der Waals surface area contributed by atoms with Crippen LogP contribution in [0, 0.1) is 6.92 Å². The first-order chi connectivity index (χ1) is 10.7. The van der Waals surface area contributed by atoms with Crippen molar-refractivity contribution in [3.05, 3.63) is 65.2 Å². The van der Waals surface area contributed by atoms with E-state index < -0.39 is 0 Å². The van der Waals surface area contributed by atoms with E-state index in [1.807, 2.05) is 36.4 Å². The largest absolute Gasteiger partial charge is 0.392 e. The molecule has 4 nitrogen and oxygen atoms in total. The fourth-order valence-corrected chi connectivity index (χ4v) is 2.25. The third-order valence-electron chi connectivity index (χ3n) is 3.54. The smallest absolute Gasteiger partial charge is 0.239 e. The average molecular weight is 298 g/mol. The number of nitrogens with one attached hydrogen (secondary N) is 2. The van der Waals surface area contributed by atoms with E-state index in [0.29, 0.717) is 6.54 Å². The quantitative estimate of drug-likeness (QED) is 0.735. The fraction of sp³-hybridized carbons (Fsp3) is 0.278. The van der Waals surface area contributed by atoms with Crippen molar-refractivity contribution in [1.82, 2.24) is 5.32 Å². The van der Waals surface area contributed by atoms with E-state index in [0.717, 1.165) is 17.7 Å². The number of hydrogen-bond acceptors (Lipinski definition) is 3. The van der Waals surface area contributed by atoms with Gasteiger partial charge in [0.05, 0.1) is 13.2 Å². The second-order valence-electron chi connectivity index (χ2n) is 5.24. The van der Waals surface area contributed by atoms with Gasteiger partial charge in [-0.05, 0) is 42.2 Å². The van der Waals surface area contributed by atoms with E-state index in [1.165, 1.54) is 11.1 Å². The highest BCUT2D eigenvalue weighted by molar-refractivity contribution is 5.80. The number of carbonyl (C=O) groups excluding carboxylic acids is 1. The van der Waals surface area contributed by atoms with Gasteiger partial charge in [0.15, 0.2) is 0 Å². The lowest BCUT2D eigenvalue weighted by Gasteiger charge is -2.09. The maximum absolute atomic E-state index is 11.8. The van der Waals surface area contributed by atoms with Gasteiger partial charge in [-0.15, -0.1) is 0 Å². The van der Waals surface area contributed by atoms with Crippen LogP contribution in [-0.4, -0.2) is 24.1 Å². The maximum atomic E-state index is 11.8. The Labute approximate surface area is 131 Å². The minimum Gasteiger partial charge on any atom is -0.392 e. The molecule has 0 unspecified atom stereocenters. The number of carbonyl (C=O) groups is 1. The number of hydrogen-bond donors (Lipinski definition) is 3. The second kappa shape index (κ2) is 8.20. The summed E-state index contributed by atoms with van der Waals surface area (Å²) in [6.07, 6.45) is 0.832. The van der Waals surface area contributed by atoms with Crippen LogP contribution >= 0.6 is 0 Å². The first kappa shape index (κ1) is 16.0. The Kier molecular flexibility index (Phi) is 5.98. The Morgan fingerprint density at radius 1 is 1.14 bits per heavy atom. The zero-order valence-corrected chi connectivity index (χ0v) is 12.8. The molecule has 0 atom stereocenters.